The van der Waals surface area contributed by atoms with Gasteiger partial charge in [-0.25, -0.2) is 0 Å². The van der Waals surface area contributed by atoms with Gasteiger partial charge in [-0.3, -0.25) is 19.2 Å². The molecule has 4 rings (SSSR count). The Bertz CT molecular complexity index is 2000. The number of azo groups is 2. The molecule has 270 valence electrons. The van der Waals surface area contributed by atoms with Crippen molar-refractivity contribution in [2.75, 3.05) is 10.6 Å². The van der Waals surface area contributed by atoms with E-state index in [9.17, 15) is 19.2 Å². The zero-order chi connectivity index (χ0) is 37.9. The number of nitrogens with one attached hydrogen (secondary N) is 2. The molecule has 2 amide bonds. The number of carbonyl (C=O) groups is 4. The monoisotopic (exact) mass is 740 g/mol. The standard InChI is InChI=1S/C40H42Cl2N6O4/c1-7-25-11-17-32(19-27(25)9-3)43-39(51)36(23(5)49)46-45-31-15-13-29(14-16-31)30-21-34(41)38(35(42)22-30)48-47-37(24(6)50)40(52)44-33-18-12-26(8-2)28(10-4)20-33/h11-22,36-37H,7-10H2,1-6H3,(H,43,51)(H,44,52). The highest BCUT2D eigenvalue weighted by molar-refractivity contribution is 6.39. The van der Waals surface area contributed by atoms with E-state index < -0.39 is 35.5 Å². The van der Waals surface area contributed by atoms with Crippen molar-refractivity contribution in [3.05, 3.63) is 105 Å². The lowest BCUT2D eigenvalue weighted by atomic mass is 10.0. The fourth-order valence-electron chi connectivity index (χ4n) is 5.60. The van der Waals surface area contributed by atoms with Gasteiger partial charge in [0.1, 0.15) is 5.69 Å². The predicted octanol–water partition coefficient (Wildman–Crippen LogP) is 10.3. The molecule has 12 heteroatoms. The van der Waals surface area contributed by atoms with E-state index in [1.165, 1.54) is 25.0 Å². The Morgan fingerprint density at radius 2 is 0.981 bits per heavy atom. The smallest absolute Gasteiger partial charge is 0.258 e. The lowest BCUT2D eigenvalue weighted by molar-refractivity contribution is -0.127. The Labute approximate surface area is 314 Å². The summed E-state index contributed by atoms with van der Waals surface area (Å²) in [6.45, 7) is 10.8. The van der Waals surface area contributed by atoms with Gasteiger partial charge in [-0.05, 0) is 121 Å². The van der Waals surface area contributed by atoms with Gasteiger partial charge in [0.15, 0.2) is 11.6 Å². The Kier molecular flexibility index (Phi) is 14.1. The highest BCUT2D eigenvalue weighted by Crippen LogP contribution is 2.38. The van der Waals surface area contributed by atoms with E-state index in [-0.39, 0.29) is 15.7 Å². The summed E-state index contributed by atoms with van der Waals surface area (Å²) in [5.41, 5.74) is 7.72. The first-order valence-electron chi connectivity index (χ1n) is 17.2. The van der Waals surface area contributed by atoms with E-state index in [1.807, 2.05) is 37.3 Å². The van der Waals surface area contributed by atoms with Gasteiger partial charge >= 0.3 is 0 Å². The Morgan fingerprint density at radius 3 is 1.38 bits per heavy atom. The van der Waals surface area contributed by atoms with E-state index in [0.717, 1.165) is 42.4 Å². The van der Waals surface area contributed by atoms with Gasteiger partial charge in [0.25, 0.3) is 11.8 Å². The molecule has 0 saturated carbocycles. The molecule has 2 N–H and O–H groups in total. The third-order valence-corrected chi connectivity index (χ3v) is 9.09. The molecule has 4 aromatic carbocycles. The van der Waals surface area contributed by atoms with Crippen LogP contribution in [0.15, 0.2) is 93.3 Å². The van der Waals surface area contributed by atoms with Crippen molar-refractivity contribution in [1.82, 2.24) is 0 Å². The van der Waals surface area contributed by atoms with Crippen molar-refractivity contribution in [2.24, 2.45) is 20.5 Å². The minimum atomic E-state index is -1.40. The van der Waals surface area contributed by atoms with Gasteiger partial charge in [0.2, 0.25) is 12.1 Å². The highest BCUT2D eigenvalue weighted by Gasteiger charge is 2.25. The molecule has 0 spiro atoms. The summed E-state index contributed by atoms with van der Waals surface area (Å²) in [6, 6.07) is 18.8. The van der Waals surface area contributed by atoms with Gasteiger partial charge in [-0.1, -0.05) is 75.2 Å². The average Bonchev–Trinajstić information content (AvgIpc) is 3.12. The van der Waals surface area contributed by atoms with Crippen molar-refractivity contribution in [2.45, 2.75) is 79.3 Å². The normalized spacial score (nSPS) is 12.5. The SMILES string of the molecule is CCc1ccc(NC(=O)C(N=Nc2ccc(-c3cc(Cl)c(N=NC(C(C)=O)C(=O)Nc4ccc(CC)c(CC)c4)c(Cl)c3)cc2)C(C)=O)cc1CC. The molecule has 0 radical (unpaired) electrons. The summed E-state index contributed by atoms with van der Waals surface area (Å²) in [5, 5.41) is 22.2. The summed E-state index contributed by atoms with van der Waals surface area (Å²) < 4.78 is 0. The molecular weight excluding hydrogens is 699 g/mol. The number of hydrogen-bond donors (Lipinski definition) is 2. The van der Waals surface area contributed by atoms with Gasteiger partial charge in [0.05, 0.1) is 15.7 Å². The number of amides is 2. The summed E-state index contributed by atoms with van der Waals surface area (Å²) in [7, 11) is 0. The van der Waals surface area contributed by atoms with E-state index in [1.54, 1.807) is 42.5 Å². The molecule has 0 heterocycles. The zero-order valence-corrected chi connectivity index (χ0v) is 31.6. The first kappa shape index (κ1) is 39.7. The molecule has 0 aliphatic carbocycles. The lowest BCUT2D eigenvalue weighted by Crippen LogP contribution is -2.31. The number of aryl methyl sites for hydroxylation is 4. The molecule has 4 aromatic rings. The number of benzene rings is 4. The van der Waals surface area contributed by atoms with E-state index in [4.69, 9.17) is 23.2 Å². The molecule has 0 aliphatic heterocycles. The van der Waals surface area contributed by atoms with Crippen LogP contribution >= 0.6 is 23.2 Å². The second-order valence-electron chi connectivity index (χ2n) is 12.2. The maximum atomic E-state index is 13.0. The highest BCUT2D eigenvalue weighted by atomic mass is 35.5. The number of rotatable bonds is 15. The minimum Gasteiger partial charge on any atom is -0.324 e. The minimum absolute atomic E-state index is 0.109. The maximum absolute atomic E-state index is 13.0. The van der Waals surface area contributed by atoms with Gasteiger partial charge in [-0.15, -0.1) is 0 Å². The van der Waals surface area contributed by atoms with Crippen LogP contribution in [0, 0.1) is 0 Å². The summed E-state index contributed by atoms with van der Waals surface area (Å²) in [6.07, 6.45) is 3.39. The van der Waals surface area contributed by atoms with Crippen LogP contribution in [0.25, 0.3) is 11.1 Å². The van der Waals surface area contributed by atoms with Crippen molar-refractivity contribution >= 4 is 69.3 Å². The van der Waals surface area contributed by atoms with Crippen LogP contribution in [0.2, 0.25) is 10.0 Å². The van der Waals surface area contributed by atoms with Crippen LogP contribution in [0.4, 0.5) is 22.7 Å². The number of nitrogens with zero attached hydrogens (tertiary/aromatic N) is 4. The van der Waals surface area contributed by atoms with Crippen molar-refractivity contribution in [1.29, 1.82) is 0 Å². The Balaban J connectivity index is 1.46. The third kappa shape index (κ3) is 10.0. The third-order valence-electron chi connectivity index (χ3n) is 8.52. The molecular formula is C40H42Cl2N6O4. The van der Waals surface area contributed by atoms with Crippen molar-refractivity contribution < 1.29 is 19.2 Å². The zero-order valence-electron chi connectivity index (χ0n) is 30.1. The maximum Gasteiger partial charge on any atom is 0.258 e. The molecule has 52 heavy (non-hydrogen) atoms. The Morgan fingerprint density at radius 1 is 0.558 bits per heavy atom. The van der Waals surface area contributed by atoms with Crippen molar-refractivity contribution in [3.8, 4) is 11.1 Å². The van der Waals surface area contributed by atoms with E-state index >= 15 is 0 Å². The first-order chi connectivity index (χ1) is 24.9. The summed E-state index contributed by atoms with van der Waals surface area (Å²) >= 11 is 13.1. The van der Waals surface area contributed by atoms with Crippen LogP contribution in [0.3, 0.4) is 0 Å². The van der Waals surface area contributed by atoms with Gasteiger partial charge < -0.3 is 10.6 Å². The Hall–Kier alpha value is -5.06. The fraction of sp³-hybridized carbons (Fsp3) is 0.300. The molecule has 0 aromatic heterocycles. The molecule has 2 atom stereocenters. The summed E-state index contributed by atoms with van der Waals surface area (Å²) in [4.78, 5) is 50.7. The summed E-state index contributed by atoms with van der Waals surface area (Å²) in [5.74, 6) is -2.12. The molecule has 0 aliphatic rings. The first-order valence-corrected chi connectivity index (χ1v) is 17.9. The molecule has 2 unspecified atom stereocenters. The van der Waals surface area contributed by atoms with Crippen LogP contribution in [-0.4, -0.2) is 35.5 Å². The molecule has 0 saturated heterocycles. The molecule has 10 nitrogen and oxygen atoms in total. The topological polar surface area (TPSA) is 142 Å². The van der Waals surface area contributed by atoms with Crippen LogP contribution in [-0.2, 0) is 44.9 Å². The second-order valence-corrected chi connectivity index (χ2v) is 13.0. The number of ketones is 2. The van der Waals surface area contributed by atoms with E-state index in [0.29, 0.717) is 22.6 Å². The van der Waals surface area contributed by atoms with Crippen LogP contribution in [0.1, 0.15) is 63.8 Å². The van der Waals surface area contributed by atoms with Gasteiger partial charge in [0, 0.05) is 11.4 Å². The van der Waals surface area contributed by atoms with Gasteiger partial charge in [-0.2, -0.15) is 20.5 Å². The van der Waals surface area contributed by atoms with Crippen LogP contribution in [0.5, 0.6) is 0 Å². The predicted molar refractivity (Wildman–Crippen MR) is 208 cm³/mol. The number of halogens is 2. The number of hydrogen-bond acceptors (Lipinski definition) is 8. The van der Waals surface area contributed by atoms with Crippen molar-refractivity contribution in [3.63, 3.8) is 0 Å². The second kappa shape index (κ2) is 18.4. The number of carbonyl (C=O) groups excluding carboxylic acids is 4. The fourth-order valence-corrected chi connectivity index (χ4v) is 6.16. The van der Waals surface area contributed by atoms with Crippen LogP contribution < -0.4 is 10.6 Å². The molecule has 0 fully saturated rings. The molecule has 0 bridgehead atoms. The number of anilines is 2. The number of Topliss-reactive ketones (excluding diaryl/α,β-unsaturated/α-hetero) is 2. The van der Waals surface area contributed by atoms with E-state index in [2.05, 4.69) is 51.9 Å². The quantitative estimate of drug-likeness (QED) is 0.0924. The largest absolute Gasteiger partial charge is 0.324 e. The average molecular weight is 742 g/mol. The lowest BCUT2D eigenvalue weighted by Gasteiger charge is -2.13.